The number of hydrogen-bond donors (Lipinski definition) is 1. The molecule has 1 unspecified atom stereocenters. The summed E-state index contributed by atoms with van der Waals surface area (Å²) in [4.78, 5) is 23.9. The van der Waals surface area contributed by atoms with Gasteiger partial charge in [-0.05, 0) is 48.1 Å². The molecule has 1 heterocycles. The van der Waals surface area contributed by atoms with Crippen molar-refractivity contribution in [1.29, 1.82) is 0 Å². The van der Waals surface area contributed by atoms with Gasteiger partial charge in [0.15, 0.2) is 0 Å². The van der Waals surface area contributed by atoms with Crippen molar-refractivity contribution in [1.82, 2.24) is 4.57 Å². The summed E-state index contributed by atoms with van der Waals surface area (Å²) in [6, 6.07) is 16.2. The van der Waals surface area contributed by atoms with Gasteiger partial charge < -0.3 is 9.67 Å². The number of carbonyl (C=O) groups is 1. The molecule has 0 aliphatic carbocycles. The minimum atomic E-state index is -0.958. The van der Waals surface area contributed by atoms with E-state index in [1.165, 1.54) is 6.07 Å². The van der Waals surface area contributed by atoms with E-state index in [-0.39, 0.29) is 17.2 Å². The quantitative estimate of drug-likeness (QED) is 0.793. The Bertz CT molecular complexity index is 958. The maximum absolute atomic E-state index is 12.6. The predicted octanol–water partition coefficient (Wildman–Crippen LogP) is 3.87. The zero-order chi connectivity index (χ0) is 17.3. The third-order valence-corrected chi connectivity index (χ3v) is 4.40. The van der Waals surface area contributed by atoms with E-state index in [1.807, 2.05) is 44.2 Å². The van der Waals surface area contributed by atoms with E-state index >= 15 is 0 Å². The van der Waals surface area contributed by atoms with Crippen molar-refractivity contribution in [3.8, 4) is 0 Å². The molecule has 0 aliphatic rings. The molecular formula is C20H19NO3. The van der Waals surface area contributed by atoms with E-state index in [0.717, 1.165) is 22.0 Å². The second kappa shape index (κ2) is 6.32. The summed E-state index contributed by atoms with van der Waals surface area (Å²) in [6.45, 7) is 3.95. The highest BCUT2D eigenvalue weighted by atomic mass is 16.4. The van der Waals surface area contributed by atoms with Crippen LogP contribution in [0.5, 0.6) is 0 Å². The zero-order valence-electron chi connectivity index (χ0n) is 13.7. The summed E-state index contributed by atoms with van der Waals surface area (Å²) in [5, 5.41) is 10.1. The highest BCUT2D eigenvalue weighted by Crippen LogP contribution is 2.26. The summed E-state index contributed by atoms with van der Waals surface area (Å²) in [6.07, 6.45) is 0.655. The van der Waals surface area contributed by atoms with Crippen LogP contribution in [-0.2, 0) is 6.42 Å². The molecule has 4 heteroatoms. The Morgan fingerprint density at radius 2 is 1.83 bits per heavy atom. The van der Waals surface area contributed by atoms with Gasteiger partial charge in [0.1, 0.15) is 0 Å². The summed E-state index contributed by atoms with van der Waals surface area (Å²) in [5.74, 6) is -0.958. The third-order valence-electron chi connectivity index (χ3n) is 4.40. The molecule has 4 nitrogen and oxygen atoms in total. The number of rotatable bonds is 4. The molecule has 0 radical (unpaired) electrons. The van der Waals surface area contributed by atoms with Gasteiger partial charge in [0, 0.05) is 6.07 Å². The first kappa shape index (κ1) is 16.0. The smallest absolute Gasteiger partial charge is 0.335 e. The predicted molar refractivity (Wildman–Crippen MR) is 94.8 cm³/mol. The van der Waals surface area contributed by atoms with Gasteiger partial charge in [0.2, 0.25) is 0 Å². The van der Waals surface area contributed by atoms with Crippen LogP contribution in [0.1, 0.15) is 41.4 Å². The minimum Gasteiger partial charge on any atom is -0.478 e. The first-order chi connectivity index (χ1) is 11.5. The van der Waals surface area contributed by atoms with Crippen molar-refractivity contribution >= 4 is 16.9 Å². The second-order valence-electron chi connectivity index (χ2n) is 5.86. The molecule has 24 heavy (non-hydrogen) atoms. The topological polar surface area (TPSA) is 59.3 Å². The number of benzene rings is 2. The maximum atomic E-state index is 12.6. The van der Waals surface area contributed by atoms with Crippen LogP contribution in [0, 0.1) is 0 Å². The Labute approximate surface area is 140 Å². The number of hydrogen-bond acceptors (Lipinski definition) is 2. The van der Waals surface area contributed by atoms with Gasteiger partial charge in [-0.15, -0.1) is 0 Å². The van der Waals surface area contributed by atoms with Crippen LogP contribution in [0.4, 0.5) is 0 Å². The average Bonchev–Trinajstić information content (AvgIpc) is 2.61. The zero-order valence-corrected chi connectivity index (χ0v) is 13.7. The lowest BCUT2D eigenvalue weighted by molar-refractivity contribution is 0.0697. The van der Waals surface area contributed by atoms with Crippen LogP contribution in [0.2, 0.25) is 0 Å². The molecule has 122 valence electrons. The summed E-state index contributed by atoms with van der Waals surface area (Å²) >= 11 is 0. The Kier molecular flexibility index (Phi) is 4.21. The van der Waals surface area contributed by atoms with Crippen LogP contribution in [0.3, 0.4) is 0 Å². The van der Waals surface area contributed by atoms with E-state index < -0.39 is 5.97 Å². The second-order valence-corrected chi connectivity index (χ2v) is 5.86. The number of fused-ring (bicyclic) bond motifs is 1. The van der Waals surface area contributed by atoms with Gasteiger partial charge in [-0.3, -0.25) is 4.79 Å². The number of carboxylic acids is 1. The lowest BCUT2D eigenvalue weighted by atomic mass is 10.0. The number of pyridine rings is 1. The number of aryl methyl sites for hydroxylation is 1. The van der Waals surface area contributed by atoms with E-state index in [4.69, 9.17) is 0 Å². The number of aromatic carboxylic acids is 1. The highest BCUT2D eigenvalue weighted by Gasteiger charge is 2.16. The number of aromatic nitrogens is 1. The molecule has 3 rings (SSSR count). The van der Waals surface area contributed by atoms with Gasteiger partial charge in [-0.2, -0.15) is 0 Å². The van der Waals surface area contributed by atoms with Crippen LogP contribution in [0.15, 0.2) is 59.4 Å². The summed E-state index contributed by atoms with van der Waals surface area (Å²) in [5.41, 5.74) is 2.88. The molecule has 1 atom stereocenters. The summed E-state index contributed by atoms with van der Waals surface area (Å²) in [7, 11) is 0. The first-order valence-corrected chi connectivity index (χ1v) is 7.99. The van der Waals surface area contributed by atoms with E-state index in [1.54, 1.807) is 22.8 Å². The number of nitrogens with zero attached hydrogens (tertiary/aromatic N) is 1. The average molecular weight is 321 g/mol. The largest absolute Gasteiger partial charge is 0.478 e. The molecule has 0 spiro atoms. The Hall–Kier alpha value is -2.88. The van der Waals surface area contributed by atoms with E-state index in [0.29, 0.717) is 6.42 Å². The van der Waals surface area contributed by atoms with Crippen molar-refractivity contribution < 1.29 is 9.90 Å². The van der Waals surface area contributed by atoms with Crippen molar-refractivity contribution in [3.05, 3.63) is 81.6 Å². The number of carboxylic acid groups (broad SMARTS) is 1. The molecule has 2 aromatic carbocycles. The van der Waals surface area contributed by atoms with Crippen molar-refractivity contribution in [2.24, 2.45) is 0 Å². The molecule has 3 aromatic rings. The molecular weight excluding hydrogens is 302 g/mol. The van der Waals surface area contributed by atoms with E-state index in [2.05, 4.69) is 0 Å². The third kappa shape index (κ3) is 2.71. The molecule has 0 saturated heterocycles. The first-order valence-electron chi connectivity index (χ1n) is 7.99. The normalized spacial score (nSPS) is 12.2. The van der Waals surface area contributed by atoms with Crippen LogP contribution in [0.25, 0.3) is 10.9 Å². The maximum Gasteiger partial charge on any atom is 0.335 e. The van der Waals surface area contributed by atoms with Gasteiger partial charge in [-0.1, -0.05) is 37.3 Å². The molecule has 0 bridgehead atoms. The van der Waals surface area contributed by atoms with Gasteiger partial charge in [0.05, 0.1) is 17.1 Å². The fourth-order valence-corrected chi connectivity index (χ4v) is 3.15. The van der Waals surface area contributed by atoms with Gasteiger partial charge >= 0.3 is 5.97 Å². The monoisotopic (exact) mass is 321 g/mol. The van der Waals surface area contributed by atoms with Crippen LogP contribution in [-0.4, -0.2) is 15.6 Å². The lowest BCUT2D eigenvalue weighted by Crippen LogP contribution is -2.24. The Morgan fingerprint density at radius 1 is 1.12 bits per heavy atom. The lowest BCUT2D eigenvalue weighted by Gasteiger charge is -2.20. The standard InChI is InChI=1S/C20H19NO3/c1-3-14-11-17(20(23)24)12-16-9-10-18(22)21(19(14)16)13(2)15-7-5-4-6-8-15/h4-13H,3H2,1-2H3,(H,23,24). The van der Waals surface area contributed by atoms with Crippen molar-refractivity contribution in [2.75, 3.05) is 0 Å². The molecule has 1 N–H and O–H groups in total. The van der Waals surface area contributed by atoms with E-state index in [9.17, 15) is 14.7 Å². The summed E-state index contributed by atoms with van der Waals surface area (Å²) < 4.78 is 1.76. The molecule has 0 amide bonds. The van der Waals surface area contributed by atoms with Crippen LogP contribution < -0.4 is 5.56 Å². The van der Waals surface area contributed by atoms with Crippen LogP contribution >= 0.6 is 0 Å². The minimum absolute atomic E-state index is 0.0865. The van der Waals surface area contributed by atoms with Gasteiger partial charge in [-0.25, -0.2) is 4.79 Å². The molecule has 0 aliphatic heterocycles. The molecule has 0 fully saturated rings. The Balaban J connectivity index is 2.33. The van der Waals surface area contributed by atoms with Crippen molar-refractivity contribution in [2.45, 2.75) is 26.3 Å². The SMILES string of the molecule is CCc1cc(C(=O)O)cc2ccc(=O)n(C(C)c3ccccc3)c12. The molecule has 1 aromatic heterocycles. The fraction of sp³-hybridized carbons (Fsp3) is 0.200. The van der Waals surface area contributed by atoms with Gasteiger partial charge in [0.25, 0.3) is 5.56 Å². The highest BCUT2D eigenvalue weighted by molar-refractivity contribution is 5.95. The Morgan fingerprint density at radius 3 is 2.46 bits per heavy atom. The fourth-order valence-electron chi connectivity index (χ4n) is 3.15. The molecule has 0 saturated carbocycles. The van der Waals surface area contributed by atoms with Crippen molar-refractivity contribution in [3.63, 3.8) is 0 Å².